The summed E-state index contributed by atoms with van der Waals surface area (Å²) in [6.45, 7) is 7.30. The van der Waals surface area contributed by atoms with Gasteiger partial charge in [-0.2, -0.15) is 0 Å². The maximum atomic E-state index is 12.0. The van der Waals surface area contributed by atoms with Crippen molar-refractivity contribution in [3.05, 3.63) is 29.8 Å². The summed E-state index contributed by atoms with van der Waals surface area (Å²) < 4.78 is 6.46. The number of ether oxygens (including phenoxy) is 1. The maximum Gasteiger partial charge on any atom is 0.421 e. The fourth-order valence-electron chi connectivity index (χ4n) is 1.86. The van der Waals surface area contributed by atoms with E-state index in [2.05, 4.69) is 0 Å². The number of benzene rings is 1. The van der Waals surface area contributed by atoms with Crippen molar-refractivity contribution in [2.24, 2.45) is 0 Å². The van der Waals surface area contributed by atoms with Crippen molar-refractivity contribution >= 4 is 17.0 Å². The Bertz CT molecular complexity index is 605. The number of aromatic nitrogens is 1. The van der Waals surface area contributed by atoms with Gasteiger partial charge in [0.2, 0.25) is 5.88 Å². The van der Waals surface area contributed by atoms with E-state index in [0.29, 0.717) is 5.52 Å². The largest absolute Gasteiger partial charge is 0.494 e. The standard InChI is InChI=1S/C14H17NO3/c1-9-6-5-7-11-10(9)8-12(16)15(11)13(17)18-14(2,3)4/h5-8,16H,1-4H3. The fourth-order valence-corrected chi connectivity index (χ4v) is 1.86. The number of nitrogens with zero attached hydrogens (tertiary/aromatic N) is 1. The van der Waals surface area contributed by atoms with Gasteiger partial charge in [-0.1, -0.05) is 12.1 Å². The van der Waals surface area contributed by atoms with E-state index >= 15 is 0 Å². The van der Waals surface area contributed by atoms with Crippen LogP contribution in [0.2, 0.25) is 0 Å². The van der Waals surface area contributed by atoms with Gasteiger partial charge < -0.3 is 9.84 Å². The monoisotopic (exact) mass is 247 g/mol. The molecule has 0 spiro atoms. The summed E-state index contributed by atoms with van der Waals surface area (Å²) in [5.41, 5.74) is 1.07. The first-order valence-corrected chi connectivity index (χ1v) is 5.83. The first-order valence-electron chi connectivity index (χ1n) is 5.83. The minimum absolute atomic E-state index is 0.103. The van der Waals surface area contributed by atoms with Crippen LogP contribution in [0.3, 0.4) is 0 Å². The molecule has 0 saturated carbocycles. The highest BCUT2D eigenvalue weighted by molar-refractivity contribution is 5.93. The lowest BCUT2D eigenvalue weighted by Gasteiger charge is -2.20. The van der Waals surface area contributed by atoms with Gasteiger partial charge in [0.25, 0.3) is 0 Å². The van der Waals surface area contributed by atoms with E-state index in [4.69, 9.17) is 4.74 Å². The van der Waals surface area contributed by atoms with Crippen molar-refractivity contribution in [1.29, 1.82) is 0 Å². The third kappa shape index (κ3) is 2.18. The molecule has 4 heteroatoms. The molecular weight excluding hydrogens is 230 g/mol. The lowest BCUT2D eigenvalue weighted by atomic mass is 10.1. The van der Waals surface area contributed by atoms with Gasteiger partial charge in [-0.05, 0) is 39.3 Å². The molecule has 2 aromatic rings. The van der Waals surface area contributed by atoms with Crippen LogP contribution in [0.25, 0.3) is 10.9 Å². The minimum atomic E-state index is -0.593. The number of rotatable bonds is 0. The van der Waals surface area contributed by atoms with E-state index in [9.17, 15) is 9.90 Å². The van der Waals surface area contributed by atoms with Gasteiger partial charge in [-0.15, -0.1) is 0 Å². The van der Waals surface area contributed by atoms with Crippen LogP contribution in [0.15, 0.2) is 24.3 Å². The van der Waals surface area contributed by atoms with E-state index in [0.717, 1.165) is 10.9 Å². The number of carbonyl (C=O) groups is 1. The Morgan fingerprint density at radius 3 is 2.61 bits per heavy atom. The molecule has 0 bridgehead atoms. The summed E-state index contributed by atoms with van der Waals surface area (Å²) in [6.07, 6.45) is -0.569. The third-order valence-electron chi connectivity index (χ3n) is 2.62. The summed E-state index contributed by atoms with van der Waals surface area (Å²) in [5, 5.41) is 10.7. The number of carbonyl (C=O) groups excluding carboxylic acids is 1. The molecule has 0 radical (unpaired) electrons. The third-order valence-corrected chi connectivity index (χ3v) is 2.62. The molecule has 0 amide bonds. The quantitative estimate of drug-likeness (QED) is 0.775. The molecule has 0 atom stereocenters. The molecule has 96 valence electrons. The smallest absolute Gasteiger partial charge is 0.421 e. The Kier molecular flexibility index (Phi) is 2.81. The first-order chi connectivity index (χ1) is 8.29. The topological polar surface area (TPSA) is 51.5 Å². The summed E-state index contributed by atoms with van der Waals surface area (Å²) >= 11 is 0. The number of hydrogen-bond donors (Lipinski definition) is 1. The van der Waals surface area contributed by atoms with Crippen molar-refractivity contribution in [2.75, 3.05) is 0 Å². The zero-order chi connectivity index (χ0) is 13.5. The molecule has 4 nitrogen and oxygen atoms in total. The highest BCUT2D eigenvalue weighted by Gasteiger charge is 2.22. The molecule has 0 aliphatic carbocycles. The van der Waals surface area contributed by atoms with Crippen molar-refractivity contribution in [1.82, 2.24) is 4.57 Å². The molecule has 1 heterocycles. The van der Waals surface area contributed by atoms with Crippen LogP contribution < -0.4 is 0 Å². The molecule has 0 aliphatic rings. The second-order valence-corrected chi connectivity index (χ2v) is 5.33. The average Bonchev–Trinajstić information content (AvgIpc) is 2.53. The normalized spacial score (nSPS) is 11.8. The summed E-state index contributed by atoms with van der Waals surface area (Å²) in [5.74, 6) is -0.103. The molecule has 2 rings (SSSR count). The summed E-state index contributed by atoms with van der Waals surface area (Å²) in [6, 6.07) is 7.14. The highest BCUT2D eigenvalue weighted by atomic mass is 16.6. The van der Waals surface area contributed by atoms with Gasteiger partial charge in [-0.3, -0.25) is 0 Å². The van der Waals surface area contributed by atoms with E-state index in [1.807, 2.05) is 19.1 Å². The van der Waals surface area contributed by atoms with Crippen LogP contribution in [-0.2, 0) is 4.74 Å². The van der Waals surface area contributed by atoms with Crippen LogP contribution in [0.4, 0.5) is 4.79 Å². The fraction of sp³-hybridized carbons (Fsp3) is 0.357. The molecule has 0 saturated heterocycles. The van der Waals surface area contributed by atoms with Gasteiger partial charge in [0.15, 0.2) is 0 Å². The zero-order valence-corrected chi connectivity index (χ0v) is 11.0. The van der Waals surface area contributed by atoms with Crippen LogP contribution >= 0.6 is 0 Å². The maximum absolute atomic E-state index is 12.0. The molecule has 0 unspecified atom stereocenters. The molecule has 0 aliphatic heterocycles. The van der Waals surface area contributed by atoms with Crippen molar-refractivity contribution < 1.29 is 14.6 Å². The van der Waals surface area contributed by atoms with Crippen molar-refractivity contribution in [3.8, 4) is 5.88 Å². The SMILES string of the molecule is Cc1cccc2c1cc(O)n2C(=O)OC(C)(C)C. The average molecular weight is 247 g/mol. The van der Waals surface area contributed by atoms with Gasteiger partial charge in [-0.25, -0.2) is 9.36 Å². The molecule has 0 fully saturated rings. The Hall–Kier alpha value is -1.97. The number of fused-ring (bicyclic) bond motifs is 1. The Labute approximate surface area is 106 Å². The van der Waals surface area contributed by atoms with Gasteiger partial charge in [0.1, 0.15) is 5.60 Å². The number of aromatic hydroxyl groups is 1. The first kappa shape index (κ1) is 12.5. The van der Waals surface area contributed by atoms with E-state index in [-0.39, 0.29) is 5.88 Å². The molecule has 18 heavy (non-hydrogen) atoms. The van der Waals surface area contributed by atoms with Crippen LogP contribution in [0, 0.1) is 6.92 Å². The predicted octanol–water partition coefficient (Wildman–Crippen LogP) is 3.44. The Balaban J connectivity index is 2.54. The molecule has 1 N–H and O–H groups in total. The summed E-state index contributed by atoms with van der Waals surface area (Å²) in [7, 11) is 0. The number of hydrogen-bond acceptors (Lipinski definition) is 3. The molecule has 1 aromatic heterocycles. The Morgan fingerprint density at radius 1 is 1.33 bits per heavy atom. The lowest BCUT2D eigenvalue weighted by Crippen LogP contribution is -2.26. The second kappa shape index (κ2) is 4.05. The van der Waals surface area contributed by atoms with Crippen LogP contribution in [0.1, 0.15) is 26.3 Å². The van der Waals surface area contributed by atoms with Crippen molar-refractivity contribution in [3.63, 3.8) is 0 Å². The van der Waals surface area contributed by atoms with Gasteiger partial charge >= 0.3 is 6.09 Å². The van der Waals surface area contributed by atoms with Crippen LogP contribution in [0.5, 0.6) is 5.88 Å². The number of aryl methyl sites for hydroxylation is 1. The molecule has 1 aromatic carbocycles. The van der Waals surface area contributed by atoms with E-state index < -0.39 is 11.7 Å². The predicted molar refractivity (Wildman–Crippen MR) is 70.0 cm³/mol. The summed E-state index contributed by atoms with van der Waals surface area (Å²) in [4.78, 5) is 12.0. The van der Waals surface area contributed by atoms with Gasteiger partial charge in [0.05, 0.1) is 5.52 Å². The minimum Gasteiger partial charge on any atom is -0.494 e. The highest BCUT2D eigenvalue weighted by Crippen LogP contribution is 2.28. The van der Waals surface area contributed by atoms with E-state index in [1.54, 1.807) is 32.9 Å². The van der Waals surface area contributed by atoms with Gasteiger partial charge in [0, 0.05) is 11.5 Å². The van der Waals surface area contributed by atoms with Crippen molar-refractivity contribution in [2.45, 2.75) is 33.3 Å². The van der Waals surface area contributed by atoms with E-state index in [1.165, 1.54) is 4.57 Å². The zero-order valence-electron chi connectivity index (χ0n) is 11.0. The lowest BCUT2D eigenvalue weighted by molar-refractivity contribution is 0.0533. The Morgan fingerprint density at radius 2 is 2.00 bits per heavy atom. The van der Waals surface area contributed by atoms with Crippen LogP contribution in [-0.4, -0.2) is 21.4 Å². The second-order valence-electron chi connectivity index (χ2n) is 5.33. The molecular formula is C14H17NO3.